The highest BCUT2D eigenvalue weighted by atomic mass is 32.1. The number of pyridine rings is 1. The van der Waals surface area contributed by atoms with E-state index in [1.165, 1.54) is 11.5 Å². The van der Waals surface area contributed by atoms with Crippen LogP contribution >= 0.6 is 11.5 Å². The first-order valence-electron chi connectivity index (χ1n) is 9.19. The van der Waals surface area contributed by atoms with E-state index in [4.69, 9.17) is 9.72 Å². The molecule has 0 radical (unpaired) electrons. The van der Waals surface area contributed by atoms with Gasteiger partial charge < -0.3 is 14.7 Å². The van der Waals surface area contributed by atoms with Crippen molar-refractivity contribution >= 4 is 27.6 Å². The number of nitrogens with one attached hydrogen (secondary N) is 1. The third kappa shape index (κ3) is 3.22. The van der Waals surface area contributed by atoms with Crippen LogP contribution in [0.1, 0.15) is 32.0 Å². The molecular weight excluding hydrogens is 362 g/mol. The average Bonchev–Trinajstić information content (AvgIpc) is 3.27. The van der Waals surface area contributed by atoms with Gasteiger partial charge in [0, 0.05) is 12.0 Å². The van der Waals surface area contributed by atoms with E-state index in [1.54, 1.807) is 0 Å². The second-order valence-corrected chi connectivity index (χ2v) is 8.59. The van der Waals surface area contributed by atoms with E-state index in [1.807, 2.05) is 26.8 Å². The van der Waals surface area contributed by atoms with Crippen molar-refractivity contribution in [2.24, 2.45) is 0 Å². The molecule has 0 bridgehead atoms. The molecule has 1 unspecified atom stereocenters. The molecule has 1 saturated heterocycles. The van der Waals surface area contributed by atoms with Gasteiger partial charge >= 0.3 is 0 Å². The highest BCUT2D eigenvalue weighted by molar-refractivity contribution is 7.13. The molecule has 0 spiro atoms. The van der Waals surface area contributed by atoms with E-state index in [2.05, 4.69) is 32.5 Å². The monoisotopic (exact) mass is 387 g/mol. The molecule has 7 nitrogen and oxygen atoms in total. The Hall–Kier alpha value is -2.03. The van der Waals surface area contributed by atoms with Crippen LogP contribution in [-0.4, -0.2) is 57.1 Å². The van der Waals surface area contributed by atoms with Crippen molar-refractivity contribution in [2.45, 2.75) is 39.2 Å². The summed E-state index contributed by atoms with van der Waals surface area (Å²) in [5, 5.41) is 17.3. The van der Waals surface area contributed by atoms with Crippen LogP contribution in [0, 0.1) is 6.92 Å². The zero-order chi connectivity index (χ0) is 19.2. The van der Waals surface area contributed by atoms with Crippen LogP contribution in [0.4, 0.5) is 5.82 Å². The van der Waals surface area contributed by atoms with Crippen LogP contribution in [0.3, 0.4) is 0 Å². The highest BCUT2D eigenvalue weighted by Gasteiger charge is 2.29. The summed E-state index contributed by atoms with van der Waals surface area (Å²) in [5.74, 6) is 0.910. The zero-order valence-corrected chi connectivity index (χ0v) is 16.9. The summed E-state index contributed by atoms with van der Waals surface area (Å²) in [7, 11) is 0. The predicted octanol–water partition coefficient (Wildman–Crippen LogP) is 2.88. The Bertz CT molecular complexity index is 964. The van der Waals surface area contributed by atoms with Crippen LogP contribution < -0.4 is 4.90 Å². The lowest BCUT2D eigenvalue weighted by atomic mass is 9.85. The number of ether oxygens (including phenoxy) is 1. The SMILES string of the molecule is Cc1cc(-c2nsc3c(C(C)(C)CO)cc(N4CCOCC4C)nc23)[nH]n1. The molecule has 1 atom stereocenters. The van der Waals surface area contributed by atoms with Gasteiger partial charge in [0.15, 0.2) is 0 Å². The second kappa shape index (κ2) is 6.85. The molecule has 4 rings (SSSR count). The molecule has 27 heavy (non-hydrogen) atoms. The lowest BCUT2D eigenvalue weighted by molar-refractivity contribution is 0.0985. The Labute approximate surface area is 162 Å². The molecule has 4 heterocycles. The Morgan fingerprint density at radius 1 is 1.41 bits per heavy atom. The van der Waals surface area contributed by atoms with E-state index >= 15 is 0 Å². The van der Waals surface area contributed by atoms with Crippen molar-refractivity contribution in [3.63, 3.8) is 0 Å². The van der Waals surface area contributed by atoms with Crippen molar-refractivity contribution in [3.8, 4) is 11.4 Å². The number of hydrogen-bond donors (Lipinski definition) is 2. The Balaban J connectivity index is 1.94. The predicted molar refractivity (Wildman–Crippen MR) is 107 cm³/mol. The van der Waals surface area contributed by atoms with Gasteiger partial charge in [0.2, 0.25) is 0 Å². The lowest BCUT2D eigenvalue weighted by Gasteiger charge is -2.35. The maximum absolute atomic E-state index is 10.0. The van der Waals surface area contributed by atoms with E-state index in [9.17, 15) is 5.11 Å². The minimum Gasteiger partial charge on any atom is -0.395 e. The summed E-state index contributed by atoms with van der Waals surface area (Å²) in [6.45, 7) is 10.4. The van der Waals surface area contributed by atoms with Crippen LogP contribution in [0.5, 0.6) is 0 Å². The van der Waals surface area contributed by atoms with Crippen LogP contribution in [0.15, 0.2) is 12.1 Å². The molecule has 144 valence electrons. The number of hydrogen-bond acceptors (Lipinski definition) is 7. The Morgan fingerprint density at radius 2 is 2.22 bits per heavy atom. The molecule has 8 heteroatoms. The standard InChI is InChI=1S/C19H25N5O2S/c1-11-7-14(22-21-11)16-17-18(27-23-16)13(19(3,4)10-25)8-15(20-17)24-5-6-26-9-12(24)2/h7-8,12,25H,5-6,9-10H2,1-4H3,(H,21,22). The number of nitrogens with zero attached hydrogens (tertiary/aromatic N) is 4. The number of morpholine rings is 1. The highest BCUT2D eigenvalue weighted by Crippen LogP contribution is 2.39. The van der Waals surface area contributed by atoms with E-state index in [0.717, 1.165) is 45.2 Å². The van der Waals surface area contributed by atoms with Gasteiger partial charge in [-0.3, -0.25) is 5.10 Å². The number of fused-ring (bicyclic) bond motifs is 1. The van der Waals surface area contributed by atoms with Crippen molar-refractivity contribution < 1.29 is 9.84 Å². The van der Waals surface area contributed by atoms with Crippen molar-refractivity contribution in [1.29, 1.82) is 0 Å². The fraction of sp³-hybridized carbons (Fsp3) is 0.526. The number of aliphatic hydroxyl groups excluding tert-OH is 1. The minimum atomic E-state index is -0.390. The molecule has 0 aliphatic carbocycles. The fourth-order valence-corrected chi connectivity index (χ4v) is 4.46. The molecule has 1 aliphatic heterocycles. The summed E-state index contributed by atoms with van der Waals surface area (Å²) >= 11 is 1.43. The van der Waals surface area contributed by atoms with E-state index in [-0.39, 0.29) is 18.1 Å². The summed E-state index contributed by atoms with van der Waals surface area (Å²) in [6, 6.07) is 4.34. The van der Waals surface area contributed by atoms with Gasteiger partial charge in [-0.2, -0.15) is 9.47 Å². The Morgan fingerprint density at radius 3 is 2.89 bits per heavy atom. The van der Waals surface area contributed by atoms with E-state index in [0.29, 0.717) is 13.2 Å². The van der Waals surface area contributed by atoms with Gasteiger partial charge in [0.05, 0.1) is 42.0 Å². The first-order valence-corrected chi connectivity index (χ1v) is 9.96. The maximum atomic E-state index is 10.0. The van der Waals surface area contributed by atoms with Gasteiger partial charge in [0.25, 0.3) is 0 Å². The van der Waals surface area contributed by atoms with Crippen LogP contribution in [-0.2, 0) is 10.2 Å². The van der Waals surface area contributed by atoms with Crippen molar-refractivity contribution in [2.75, 3.05) is 31.3 Å². The van der Waals surface area contributed by atoms with Gasteiger partial charge in [-0.25, -0.2) is 4.98 Å². The molecule has 0 amide bonds. The zero-order valence-electron chi connectivity index (χ0n) is 16.1. The molecule has 2 N–H and O–H groups in total. The maximum Gasteiger partial charge on any atom is 0.130 e. The number of aromatic nitrogens is 4. The second-order valence-electron chi connectivity index (χ2n) is 7.82. The third-order valence-electron chi connectivity index (χ3n) is 5.16. The third-order valence-corrected chi connectivity index (χ3v) is 6.03. The van der Waals surface area contributed by atoms with Gasteiger partial charge in [-0.15, -0.1) is 0 Å². The Kier molecular flexibility index (Phi) is 4.65. The van der Waals surface area contributed by atoms with Gasteiger partial charge in [0.1, 0.15) is 17.0 Å². The van der Waals surface area contributed by atoms with Gasteiger partial charge in [-0.1, -0.05) is 13.8 Å². The van der Waals surface area contributed by atoms with Crippen molar-refractivity contribution in [3.05, 3.63) is 23.4 Å². The average molecular weight is 388 g/mol. The first kappa shape index (κ1) is 18.3. The molecular formula is C19H25N5O2S. The quantitative estimate of drug-likeness (QED) is 0.716. The first-order chi connectivity index (χ1) is 12.9. The molecule has 0 saturated carbocycles. The summed E-state index contributed by atoms with van der Waals surface area (Å²) in [6.07, 6.45) is 0. The number of aryl methyl sites for hydroxylation is 1. The smallest absolute Gasteiger partial charge is 0.130 e. The normalized spacial score (nSPS) is 18.4. The topological polar surface area (TPSA) is 87.2 Å². The fourth-order valence-electron chi connectivity index (χ4n) is 3.43. The summed E-state index contributed by atoms with van der Waals surface area (Å²) in [5.41, 5.74) is 4.14. The molecule has 0 aromatic carbocycles. The number of aliphatic hydroxyl groups is 1. The number of H-pyrrole nitrogens is 1. The van der Waals surface area contributed by atoms with E-state index < -0.39 is 0 Å². The largest absolute Gasteiger partial charge is 0.395 e. The van der Waals surface area contributed by atoms with Crippen molar-refractivity contribution in [1.82, 2.24) is 19.6 Å². The molecule has 3 aromatic heterocycles. The van der Waals surface area contributed by atoms with Crippen LogP contribution in [0.25, 0.3) is 21.6 Å². The number of rotatable bonds is 4. The minimum absolute atomic E-state index is 0.0562. The number of anilines is 1. The lowest BCUT2D eigenvalue weighted by Crippen LogP contribution is -2.44. The molecule has 1 aliphatic rings. The molecule has 3 aromatic rings. The van der Waals surface area contributed by atoms with Gasteiger partial charge in [-0.05, 0) is 43.1 Å². The number of aromatic amines is 1. The summed E-state index contributed by atoms with van der Waals surface area (Å²) in [4.78, 5) is 7.27. The summed E-state index contributed by atoms with van der Waals surface area (Å²) < 4.78 is 11.3. The molecule has 1 fully saturated rings. The van der Waals surface area contributed by atoms with Crippen LogP contribution in [0.2, 0.25) is 0 Å².